The highest BCUT2D eigenvalue weighted by Gasteiger charge is 2.33. The van der Waals surface area contributed by atoms with Gasteiger partial charge in [0.2, 0.25) is 5.88 Å². The van der Waals surface area contributed by atoms with Crippen LogP contribution >= 0.6 is 0 Å². The minimum Gasteiger partial charge on any atom is -0.473 e. The molecule has 0 N–H and O–H groups in total. The number of ether oxygens (including phenoxy) is 1. The number of nitrogens with zero attached hydrogens (tertiary/aromatic N) is 2. The van der Waals surface area contributed by atoms with Crippen molar-refractivity contribution in [2.24, 2.45) is 0 Å². The fraction of sp³-hybridized carbons (Fsp3) is 0.625. The van der Waals surface area contributed by atoms with E-state index in [4.69, 9.17) is 10.00 Å². The van der Waals surface area contributed by atoms with E-state index in [1.54, 1.807) is 0 Å². The van der Waals surface area contributed by atoms with E-state index in [1.165, 1.54) is 0 Å². The Bertz CT molecular complexity index is 501. The van der Waals surface area contributed by atoms with Crippen LogP contribution in [0.25, 0.3) is 0 Å². The van der Waals surface area contributed by atoms with Gasteiger partial charge in [-0.3, -0.25) is 0 Å². The van der Waals surface area contributed by atoms with Crippen LogP contribution in [-0.4, -0.2) is 11.1 Å². The summed E-state index contributed by atoms with van der Waals surface area (Å²) in [5.74, 6) is -0.213. The van der Waals surface area contributed by atoms with Crippen LogP contribution in [0.1, 0.15) is 63.6 Å². The molecule has 0 saturated heterocycles. The molecule has 0 aromatic carbocycles. The second-order valence-corrected chi connectivity index (χ2v) is 5.18. The van der Waals surface area contributed by atoms with Crippen molar-refractivity contribution in [1.29, 1.82) is 5.26 Å². The minimum absolute atomic E-state index is 0.0333. The first-order valence-electron chi connectivity index (χ1n) is 7.57. The number of hydrogen-bond donors (Lipinski definition) is 0. The van der Waals surface area contributed by atoms with Gasteiger partial charge in [0, 0.05) is 0 Å². The maximum Gasteiger partial charge on any atom is 0.433 e. The molecule has 1 heterocycles. The van der Waals surface area contributed by atoms with Crippen molar-refractivity contribution in [2.45, 2.75) is 64.7 Å². The summed E-state index contributed by atoms with van der Waals surface area (Å²) in [6.07, 6.45) is 0.556. The Balaban J connectivity index is 2.97. The summed E-state index contributed by atoms with van der Waals surface area (Å²) in [5, 5.41) is 9.03. The maximum atomic E-state index is 12.7. The summed E-state index contributed by atoms with van der Waals surface area (Å²) in [4.78, 5) is 3.50. The van der Waals surface area contributed by atoms with Gasteiger partial charge in [-0.15, -0.1) is 0 Å². The summed E-state index contributed by atoms with van der Waals surface area (Å²) in [7, 11) is 0. The van der Waals surface area contributed by atoms with Gasteiger partial charge in [0.1, 0.15) is 23.4 Å². The summed E-state index contributed by atoms with van der Waals surface area (Å²) in [6, 6.07) is 3.75. The first-order chi connectivity index (χ1) is 10.4. The largest absolute Gasteiger partial charge is 0.473 e. The maximum absolute atomic E-state index is 12.7. The first kappa shape index (κ1) is 18.3. The van der Waals surface area contributed by atoms with Crippen molar-refractivity contribution in [2.75, 3.05) is 0 Å². The molecule has 0 aliphatic heterocycles. The molecule has 122 valence electrons. The van der Waals surface area contributed by atoms with Crippen molar-refractivity contribution >= 4 is 0 Å². The predicted molar refractivity (Wildman–Crippen MR) is 77.4 cm³/mol. The van der Waals surface area contributed by atoms with Crippen molar-refractivity contribution in [3.63, 3.8) is 0 Å². The molecule has 0 saturated carbocycles. The number of pyridine rings is 1. The Morgan fingerprint density at radius 1 is 1.18 bits per heavy atom. The normalized spacial score (nSPS) is 11.5. The molecule has 0 aliphatic carbocycles. The van der Waals surface area contributed by atoms with Crippen molar-refractivity contribution in [3.8, 4) is 11.9 Å². The Morgan fingerprint density at radius 3 is 2.23 bits per heavy atom. The van der Waals surface area contributed by atoms with E-state index in [0.717, 1.165) is 50.7 Å². The predicted octanol–water partition coefficient (Wildman–Crippen LogP) is 5.10. The molecule has 1 aromatic rings. The summed E-state index contributed by atoms with van der Waals surface area (Å²) in [6.45, 7) is 4.08. The molecule has 0 amide bonds. The van der Waals surface area contributed by atoms with Crippen molar-refractivity contribution in [3.05, 3.63) is 23.4 Å². The van der Waals surface area contributed by atoms with Gasteiger partial charge < -0.3 is 4.74 Å². The molecule has 0 bridgehead atoms. The molecule has 0 spiro atoms. The standard InChI is InChI=1S/C16H21F3N2O/c1-3-5-7-13(8-6-4-2)22-15-12(11-20)9-10-14(21-15)16(17,18)19/h9-10,13H,3-8H2,1-2H3. The van der Waals surface area contributed by atoms with E-state index in [9.17, 15) is 13.2 Å². The fourth-order valence-corrected chi connectivity index (χ4v) is 2.06. The Hall–Kier alpha value is -1.77. The number of unbranched alkanes of at least 4 members (excludes halogenated alkanes) is 2. The van der Waals surface area contributed by atoms with Crippen LogP contribution in [0.5, 0.6) is 5.88 Å². The number of nitriles is 1. The molecular weight excluding hydrogens is 293 g/mol. The fourth-order valence-electron chi connectivity index (χ4n) is 2.06. The molecule has 22 heavy (non-hydrogen) atoms. The van der Waals surface area contributed by atoms with E-state index < -0.39 is 11.9 Å². The number of aromatic nitrogens is 1. The Labute approximate surface area is 129 Å². The second-order valence-electron chi connectivity index (χ2n) is 5.18. The van der Waals surface area contributed by atoms with Crippen LogP contribution in [0, 0.1) is 11.3 Å². The van der Waals surface area contributed by atoms with E-state index in [1.807, 2.05) is 19.9 Å². The first-order valence-corrected chi connectivity index (χ1v) is 7.57. The van der Waals surface area contributed by atoms with Gasteiger partial charge in [-0.2, -0.15) is 18.4 Å². The van der Waals surface area contributed by atoms with E-state index in [2.05, 4.69) is 4.98 Å². The molecule has 1 aromatic heterocycles. The van der Waals surface area contributed by atoms with Crippen LogP contribution in [-0.2, 0) is 6.18 Å². The van der Waals surface area contributed by atoms with Crippen LogP contribution < -0.4 is 4.74 Å². The quantitative estimate of drug-likeness (QED) is 0.670. The lowest BCUT2D eigenvalue weighted by molar-refractivity contribution is -0.141. The van der Waals surface area contributed by atoms with Crippen LogP contribution in [0.4, 0.5) is 13.2 Å². The molecule has 0 unspecified atom stereocenters. The number of halogens is 3. The number of rotatable bonds is 8. The summed E-state index contributed by atoms with van der Waals surface area (Å²) < 4.78 is 43.9. The monoisotopic (exact) mass is 314 g/mol. The molecular formula is C16H21F3N2O. The topological polar surface area (TPSA) is 45.9 Å². The number of hydrogen-bond acceptors (Lipinski definition) is 3. The van der Waals surface area contributed by atoms with Gasteiger partial charge >= 0.3 is 6.18 Å². The minimum atomic E-state index is -4.55. The van der Waals surface area contributed by atoms with Crippen LogP contribution in [0.2, 0.25) is 0 Å². The smallest absolute Gasteiger partial charge is 0.433 e. The van der Waals surface area contributed by atoms with Gasteiger partial charge in [-0.05, 0) is 25.0 Å². The van der Waals surface area contributed by atoms with E-state index >= 15 is 0 Å². The Morgan fingerprint density at radius 2 is 1.77 bits per heavy atom. The Kier molecular flexibility index (Phi) is 7.16. The highest BCUT2D eigenvalue weighted by molar-refractivity contribution is 5.39. The van der Waals surface area contributed by atoms with Gasteiger partial charge in [-0.25, -0.2) is 4.98 Å². The SMILES string of the molecule is CCCCC(CCCC)Oc1nc(C(F)(F)F)ccc1C#N. The molecule has 0 aliphatic rings. The van der Waals surface area contributed by atoms with Crippen LogP contribution in [0.15, 0.2) is 12.1 Å². The summed E-state index contributed by atoms with van der Waals surface area (Å²) >= 11 is 0. The zero-order valence-electron chi connectivity index (χ0n) is 12.9. The van der Waals surface area contributed by atoms with Gasteiger partial charge in [0.05, 0.1) is 0 Å². The van der Waals surface area contributed by atoms with Crippen molar-refractivity contribution in [1.82, 2.24) is 4.98 Å². The van der Waals surface area contributed by atoms with Crippen LogP contribution in [0.3, 0.4) is 0 Å². The molecule has 0 radical (unpaired) electrons. The zero-order valence-corrected chi connectivity index (χ0v) is 12.9. The lowest BCUT2D eigenvalue weighted by Crippen LogP contribution is -2.19. The highest BCUT2D eigenvalue weighted by atomic mass is 19.4. The zero-order chi connectivity index (χ0) is 16.6. The summed E-state index contributed by atoms with van der Waals surface area (Å²) in [5.41, 5.74) is -1.00. The third-order valence-electron chi connectivity index (χ3n) is 3.31. The van der Waals surface area contributed by atoms with E-state index in [0.29, 0.717) is 0 Å². The molecule has 0 atom stereocenters. The highest BCUT2D eigenvalue weighted by Crippen LogP contribution is 2.30. The van der Waals surface area contributed by atoms with Crippen molar-refractivity contribution < 1.29 is 17.9 Å². The van der Waals surface area contributed by atoms with Gasteiger partial charge in [0.15, 0.2) is 0 Å². The molecule has 0 fully saturated rings. The molecule has 1 rings (SSSR count). The molecule has 3 nitrogen and oxygen atoms in total. The average Bonchev–Trinajstić information content (AvgIpc) is 2.48. The average molecular weight is 314 g/mol. The third kappa shape index (κ3) is 5.55. The lowest BCUT2D eigenvalue weighted by Gasteiger charge is -2.19. The molecule has 6 heteroatoms. The number of alkyl halides is 3. The third-order valence-corrected chi connectivity index (χ3v) is 3.31. The van der Waals surface area contributed by atoms with E-state index in [-0.39, 0.29) is 17.5 Å². The lowest BCUT2D eigenvalue weighted by atomic mass is 10.1. The second kappa shape index (κ2) is 8.62. The van der Waals surface area contributed by atoms with Gasteiger partial charge in [0.25, 0.3) is 0 Å². The van der Waals surface area contributed by atoms with Gasteiger partial charge in [-0.1, -0.05) is 39.5 Å².